The summed E-state index contributed by atoms with van der Waals surface area (Å²) >= 11 is 1.51. The molecular formula is C14H18N2O3S. The molecule has 1 amide bonds. The van der Waals surface area contributed by atoms with Crippen LogP contribution in [0.5, 0.6) is 0 Å². The van der Waals surface area contributed by atoms with Gasteiger partial charge in [0.2, 0.25) is 5.91 Å². The van der Waals surface area contributed by atoms with E-state index in [-0.39, 0.29) is 5.91 Å². The maximum atomic E-state index is 12.0. The lowest BCUT2D eigenvalue weighted by Gasteiger charge is -2.20. The topological polar surface area (TPSA) is 70.5 Å². The van der Waals surface area contributed by atoms with E-state index in [4.69, 9.17) is 5.11 Å². The van der Waals surface area contributed by atoms with Crippen LogP contribution in [0.2, 0.25) is 0 Å². The molecule has 1 saturated heterocycles. The van der Waals surface area contributed by atoms with E-state index in [1.54, 1.807) is 18.0 Å². The quantitative estimate of drug-likeness (QED) is 0.894. The summed E-state index contributed by atoms with van der Waals surface area (Å²) in [5.74, 6) is 0.243. The van der Waals surface area contributed by atoms with Crippen molar-refractivity contribution in [2.45, 2.75) is 19.1 Å². The fourth-order valence-corrected chi connectivity index (χ4v) is 3.01. The number of nitrogens with zero attached hydrogens (tertiary/aromatic N) is 2. The molecule has 1 N–H and O–H groups in total. The Bertz CT molecular complexity index is 494. The van der Waals surface area contributed by atoms with E-state index in [1.165, 1.54) is 11.8 Å². The van der Waals surface area contributed by atoms with Crippen LogP contribution in [0.1, 0.15) is 19.0 Å². The first-order valence-corrected chi connectivity index (χ1v) is 7.65. The Morgan fingerprint density at radius 3 is 2.90 bits per heavy atom. The van der Waals surface area contributed by atoms with Gasteiger partial charge in [-0.15, -0.1) is 11.8 Å². The van der Waals surface area contributed by atoms with Crippen molar-refractivity contribution in [1.82, 2.24) is 9.88 Å². The van der Waals surface area contributed by atoms with Gasteiger partial charge in [-0.25, -0.2) is 0 Å². The Balaban J connectivity index is 1.78. The molecule has 0 aromatic carbocycles. The maximum Gasteiger partial charge on any atom is 0.311 e. The number of thioether (sulfide) groups is 1. The summed E-state index contributed by atoms with van der Waals surface area (Å²) in [5, 5.41) is 9.15. The molecule has 2 heterocycles. The molecule has 5 nitrogen and oxygen atoms in total. The van der Waals surface area contributed by atoms with Crippen molar-refractivity contribution < 1.29 is 14.7 Å². The highest BCUT2D eigenvalue weighted by Gasteiger charge is 2.41. The monoisotopic (exact) mass is 294 g/mol. The summed E-state index contributed by atoms with van der Waals surface area (Å²) in [5.41, 5.74) is 0.156. The van der Waals surface area contributed by atoms with Crippen molar-refractivity contribution in [2.75, 3.05) is 18.8 Å². The molecule has 0 spiro atoms. The minimum absolute atomic E-state index is 0.0101. The van der Waals surface area contributed by atoms with E-state index in [1.807, 2.05) is 18.2 Å². The van der Waals surface area contributed by atoms with Gasteiger partial charge in [0.15, 0.2) is 0 Å². The fraction of sp³-hybridized carbons (Fsp3) is 0.500. The molecule has 1 fully saturated rings. The highest BCUT2D eigenvalue weighted by molar-refractivity contribution is 7.99. The summed E-state index contributed by atoms with van der Waals surface area (Å²) in [6, 6.07) is 5.70. The van der Waals surface area contributed by atoms with Gasteiger partial charge in [-0.1, -0.05) is 6.07 Å². The van der Waals surface area contributed by atoms with Crippen molar-refractivity contribution >= 4 is 23.6 Å². The molecule has 1 atom stereocenters. The molecule has 20 heavy (non-hydrogen) atoms. The number of carbonyl (C=O) groups is 2. The number of carboxylic acids is 1. The molecule has 0 bridgehead atoms. The Labute approximate surface area is 122 Å². The first-order chi connectivity index (χ1) is 9.51. The SMILES string of the molecule is CC1(C(=O)O)CCN(C(=O)CSCc2ccccn2)C1. The number of carbonyl (C=O) groups excluding carboxylic acids is 1. The Hall–Kier alpha value is -1.56. The van der Waals surface area contributed by atoms with Crippen LogP contribution in [0.25, 0.3) is 0 Å². The number of aliphatic carboxylic acids is 1. The minimum atomic E-state index is -0.825. The highest BCUT2D eigenvalue weighted by atomic mass is 32.2. The van der Waals surface area contributed by atoms with Gasteiger partial charge in [0, 0.05) is 25.0 Å². The van der Waals surface area contributed by atoms with Crippen molar-refractivity contribution in [3.05, 3.63) is 30.1 Å². The molecule has 0 aliphatic carbocycles. The summed E-state index contributed by atoms with van der Waals surface area (Å²) in [6.07, 6.45) is 2.26. The number of carboxylic acid groups (broad SMARTS) is 1. The van der Waals surface area contributed by atoms with Crippen LogP contribution in [0.15, 0.2) is 24.4 Å². The molecule has 0 radical (unpaired) electrons. The predicted octanol–water partition coefficient (Wildman–Crippen LogP) is 1.64. The van der Waals surface area contributed by atoms with Gasteiger partial charge in [-0.2, -0.15) is 0 Å². The van der Waals surface area contributed by atoms with Crippen LogP contribution >= 0.6 is 11.8 Å². The van der Waals surface area contributed by atoms with Gasteiger partial charge in [-0.05, 0) is 25.5 Å². The number of amides is 1. The van der Waals surface area contributed by atoms with E-state index in [0.29, 0.717) is 31.0 Å². The molecule has 1 aromatic heterocycles. The molecule has 2 rings (SSSR count). The zero-order chi connectivity index (χ0) is 14.6. The van der Waals surface area contributed by atoms with Crippen molar-refractivity contribution in [3.8, 4) is 0 Å². The van der Waals surface area contributed by atoms with Crippen LogP contribution in [0.4, 0.5) is 0 Å². The maximum absolute atomic E-state index is 12.0. The highest BCUT2D eigenvalue weighted by Crippen LogP contribution is 2.30. The van der Waals surface area contributed by atoms with E-state index in [9.17, 15) is 9.59 Å². The molecule has 6 heteroatoms. The number of hydrogen-bond acceptors (Lipinski definition) is 4. The average Bonchev–Trinajstić information content (AvgIpc) is 2.84. The van der Waals surface area contributed by atoms with E-state index < -0.39 is 11.4 Å². The van der Waals surface area contributed by atoms with Gasteiger partial charge >= 0.3 is 5.97 Å². The number of likely N-dealkylation sites (tertiary alicyclic amines) is 1. The second-order valence-corrected chi connectivity index (χ2v) is 6.23. The smallest absolute Gasteiger partial charge is 0.311 e. The largest absolute Gasteiger partial charge is 0.481 e. The molecule has 1 aliphatic rings. The van der Waals surface area contributed by atoms with Crippen LogP contribution in [0, 0.1) is 5.41 Å². The third-order valence-corrected chi connectivity index (χ3v) is 4.49. The molecule has 0 saturated carbocycles. The van der Waals surface area contributed by atoms with E-state index in [2.05, 4.69) is 4.98 Å². The zero-order valence-corrected chi connectivity index (χ0v) is 12.2. The molecule has 1 unspecified atom stereocenters. The molecule has 1 aromatic rings. The van der Waals surface area contributed by atoms with Crippen LogP contribution in [-0.4, -0.2) is 45.7 Å². The van der Waals surface area contributed by atoms with E-state index in [0.717, 1.165) is 5.69 Å². The average molecular weight is 294 g/mol. The normalized spacial score (nSPS) is 21.9. The van der Waals surface area contributed by atoms with Crippen molar-refractivity contribution in [2.24, 2.45) is 5.41 Å². The third-order valence-electron chi connectivity index (χ3n) is 3.54. The van der Waals surface area contributed by atoms with Gasteiger partial charge < -0.3 is 10.0 Å². The first kappa shape index (κ1) is 14.8. The Morgan fingerprint density at radius 2 is 2.30 bits per heavy atom. The van der Waals surface area contributed by atoms with Gasteiger partial charge in [0.25, 0.3) is 0 Å². The van der Waals surface area contributed by atoms with Gasteiger partial charge in [-0.3, -0.25) is 14.6 Å². The second kappa shape index (κ2) is 6.26. The van der Waals surface area contributed by atoms with Gasteiger partial charge in [0.05, 0.1) is 16.9 Å². The molecule has 108 valence electrons. The van der Waals surface area contributed by atoms with Crippen molar-refractivity contribution in [1.29, 1.82) is 0 Å². The summed E-state index contributed by atoms with van der Waals surface area (Å²) in [7, 11) is 0. The Kier molecular flexibility index (Phi) is 4.65. The lowest BCUT2D eigenvalue weighted by molar-refractivity contribution is -0.147. The van der Waals surface area contributed by atoms with Crippen molar-refractivity contribution in [3.63, 3.8) is 0 Å². The minimum Gasteiger partial charge on any atom is -0.481 e. The summed E-state index contributed by atoms with van der Waals surface area (Å²) < 4.78 is 0. The first-order valence-electron chi connectivity index (χ1n) is 6.50. The predicted molar refractivity (Wildman–Crippen MR) is 77.3 cm³/mol. The lowest BCUT2D eigenvalue weighted by Crippen LogP contribution is -2.35. The summed E-state index contributed by atoms with van der Waals surface area (Å²) in [6.45, 7) is 2.54. The summed E-state index contributed by atoms with van der Waals surface area (Å²) in [4.78, 5) is 29.0. The molecular weight excluding hydrogens is 276 g/mol. The van der Waals surface area contributed by atoms with Crippen LogP contribution in [0.3, 0.4) is 0 Å². The standard InChI is InChI=1S/C14H18N2O3S/c1-14(13(18)19)5-7-16(10-14)12(17)9-20-8-11-4-2-3-6-15-11/h2-4,6H,5,7-10H2,1H3,(H,18,19). The third kappa shape index (κ3) is 3.50. The molecule has 1 aliphatic heterocycles. The van der Waals surface area contributed by atoms with Gasteiger partial charge in [0.1, 0.15) is 0 Å². The fourth-order valence-electron chi connectivity index (χ4n) is 2.17. The number of aromatic nitrogens is 1. The zero-order valence-electron chi connectivity index (χ0n) is 11.4. The number of hydrogen-bond donors (Lipinski definition) is 1. The lowest BCUT2D eigenvalue weighted by atomic mass is 9.90. The van der Waals surface area contributed by atoms with Crippen LogP contribution < -0.4 is 0 Å². The number of rotatable bonds is 5. The number of pyridine rings is 1. The Morgan fingerprint density at radius 1 is 1.50 bits per heavy atom. The van der Waals surface area contributed by atoms with Crippen LogP contribution in [-0.2, 0) is 15.3 Å². The van der Waals surface area contributed by atoms with E-state index >= 15 is 0 Å². The second-order valence-electron chi connectivity index (χ2n) is 5.24.